The van der Waals surface area contributed by atoms with E-state index in [1.54, 1.807) is 0 Å². The summed E-state index contributed by atoms with van der Waals surface area (Å²) in [4.78, 5) is 6.82. The maximum absolute atomic E-state index is 4.60. The molecule has 0 amide bonds. The Morgan fingerprint density at radius 1 is 1.32 bits per heavy atom. The van der Waals surface area contributed by atoms with Gasteiger partial charge in [0.2, 0.25) is 5.95 Å². The van der Waals surface area contributed by atoms with Crippen molar-refractivity contribution in [2.24, 2.45) is 0 Å². The molecular formula is C14H19N5. The van der Waals surface area contributed by atoms with Gasteiger partial charge in [-0.25, -0.2) is 0 Å². The molecule has 1 aliphatic rings. The molecule has 1 unspecified atom stereocenters. The summed E-state index contributed by atoms with van der Waals surface area (Å²) in [5.74, 6) is 1.74. The number of aromatic amines is 1. The first kappa shape index (κ1) is 12.2. The molecule has 5 nitrogen and oxygen atoms in total. The predicted octanol–water partition coefficient (Wildman–Crippen LogP) is 1.19. The third-order valence-electron chi connectivity index (χ3n) is 3.39. The Bertz CT molecular complexity index is 522. The van der Waals surface area contributed by atoms with Gasteiger partial charge in [0.15, 0.2) is 0 Å². The number of H-pyrrole nitrogens is 1. The zero-order chi connectivity index (χ0) is 13.1. The fourth-order valence-corrected chi connectivity index (χ4v) is 2.41. The van der Waals surface area contributed by atoms with Crippen molar-refractivity contribution in [1.29, 1.82) is 0 Å². The molecule has 0 aliphatic carbocycles. The lowest BCUT2D eigenvalue weighted by Crippen LogP contribution is -2.49. The van der Waals surface area contributed by atoms with Gasteiger partial charge in [-0.1, -0.05) is 30.3 Å². The Hall–Kier alpha value is -1.88. The molecule has 5 heteroatoms. The lowest BCUT2D eigenvalue weighted by molar-refractivity contribution is 0.480. The van der Waals surface area contributed by atoms with Crippen molar-refractivity contribution in [2.45, 2.75) is 19.4 Å². The summed E-state index contributed by atoms with van der Waals surface area (Å²) in [5, 5.41) is 10.8. The van der Waals surface area contributed by atoms with E-state index < -0.39 is 0 Å². The summed E-state index contributed by atoms with van der Waals surface area (Å²) < 4.78 is 0. The van der Waals surface area contributed by atoms with Crippen LogP contribution in [0.1, 0.15) is 18.3 Å². The summed E-state index contributed by atoms with van der Waals surface area (Å²) in [6.45, 7) is 5.10. The lowest BCUT2D eigenvalue weighted by Gasteiger charge is -2.30. The molecule has 1 aromatic carbocycles. The molecule has 1 atom stereocenters. The van der Waals surface area contributed by atoms with Crippen LogP contribution in [0, 0.1) is 0 Å². The number of anilines is 1. The highest BCUT2D eigenvalue weighted by molar-refractivity contribution is 5.31. The topological polar surface area (TPSA) is 56.8 Å². The number of benzene rings is 1. The van der Waals surface area contributed by atoms with E-state index in [0.29, 0.717) is 6.04 Å². The summed E-state index contributed by atoms with van der Waals surface area (Å²) in [7, 11) is 0. The summed E-state index contributed by atoms with van der Waals surface area (Å²) >= 11 is 0. The molecule has 0 bridgehead atoms. The van der Waals surface area contributed by atoms with Gasteiger partial charge in [0, 0.05) is 32.1 Å². The van der Waals surface area contributed by atoms with Gasteiger partial charge >= 0.3 is 0 Å². The minimum Gasteiger partial charge on any atom is -0.337 e. The van der Waals surface area contributed by atoms with E-state index in [9.17, 15) is 0 Å². The first-order chi connectivity index (χ1) is 9.31. The van der Waals surface area contributed by atoms with Crippen LogP contribution in [0.3, 0.4) is 0 Å². The molecule has 0 spiro atoms. The second-order valence-electron chi connectivity index (χ2n) is 5.05. The minimum atomic E-state index is 0.491. The quantitative estimate of drug-likeness (QED) is 0.867. The number of piperazine rings is 1. The van der Waals surface area contributed by atoms with Gasteiger partial charge < -0.3 is 10.2 Å². The predicted molar refractivity (Wildman–Crippen MR) is 75.3 cm³/mol. The van der Waals surface area contributed by atoms with Gasteiger partial charge in [-0.05, 0) is 12.5 Å². The second kappa shape index (κ2) is 5.40. The summed E-state index contributed by atoms with van der Waals surface area (Å²) in [6.07, 6.45) is 0.801. The van der Waals surface area contributed by atoms with E-state index in [-0.39, 0.29) is 0 Å². The molecule has 100 valence electrons. The van der Waals surface area contributed by atoms with Crippen molar-refractivity contribution < 1.29 is 0 Å². The van der Waals surface area contributed by atoms with Gasteiger partial charge in [0.1, 0.15) is 5.82 Å². The summed E-state index contributed by atoms with van der Waals surface area (Å²) in [5.41, 5.74) is 1.25. The first-order valence-corrected chi connectivity index (χ1v) is 6.75. The molecule has 2 heterocycles. The van der Waals surface area contributed by atoms with Crippen LogP contribution in [0.4, 0.5) is 5.95 Å². The highest BCUT2D eigenvalue weighted by Gasteiger charge is 2.19. The molecule has 1 aliphatic heterocycles. The number of aromatic nitrogens is 3. The monoisotopic (exact) mass is 257 g/mol. The SMILES string of the molecule is CC1CN(c2n[nH]c(Cc3ccccc3)n2)CCN1. The Labute approximate surface area is 113 Å². The molecule has 2 aromatic rings. The van der Waals surface area contributed by atoms with Crippen molar-refractivity contribution in [2.75, 3.05) is 24.5 Å². The minimum absolute atomic E-state index is 0.491. The molecule has 1 fully saturated rings. The van der Waals surface area contributed by atoms with Crippen LogP contribution in [-0.4, -0.2) is 40.9 Å². The van der Waals surface area contributed by atoms with E-state index in [1.807, 2.05) is 18.2 Å². The van der Waals surface area contributed by atoms with Crippen molar-refractivity contribution in [3.63, 3.8) is 0 Å². The largest absolute Gasteiger partial charge is 0.337 e. The van der Waals surface area contributed by atoms with Gasteiger partial charge in [0.05, 0.1) is 0 Å². The zero-order valence-electron chi connectivity index (χ0n) is 11.1. The molecule has 1 saturated heterocycles. The van der Waals surface area contributed by atoms with Gasteiger partial charge in [-0.2, -0.15) is 4.98 Å². The average molecular weight is 257 g/mol. The normalized spacial score (nSPS) is 19.6. The van der Waals surface area contributed by atoms with Crippen molar-refractivity contribution in [1.82, 2.24) is 20.5 Å². The van der Waals surface area contributed by atoms with Crippen LogP contribution >= 0.6 is 0 Å². The standard InChI is InChI=1S/C14H19N5/c1-11-10-19(8-7-15-11)14-16-13(17-18-14)9-12-5-3-2-4-6-12/h2-6,11,15H,7-10H2,1H3,(H,16,17,18). The fraction of sp³-hybridized carbons (Fsp3) is 0.429. The highest BCUT2D eigenvalue weighted by atomic mass is 15.4. The Morgan fingerprint density at radius 2 is 2.16 bits per heavy atom. The van der Waals surface area contributed by atoms with E-state index in [0.717, 1.165) is 37.8 Å². The number of rotatable bonds is 3. The zero-order valence-corrected chi connectivity index (χ0v) is 11.1. The Morgan fingerprint density at radius 3 is 2.95 bits per heavy atom. The van der Waals surface area contributed by atoms with Crippen molar-refractivity contribution in [3.05, 3.63) is 41.7 Å². The molecule has 0 saturated carbocycles. The molecule has 0 radical (unpaired) electrons. The Kier molecular flexibility index (Phi) is 3.46. The number of hydrogen-bond donors (Lipinski definition) is 2. The third-order valence-corrected chi connectivity index (χ3v) is 3.39. The fourth-order valence-electron chi connectivity index (χ4n) is 2.41. The van der Waals surface area contributed by atoms with Crippen LogP contribution < -0.4 is 10.2 Å². The third kappa shape index (κ3) is 2.93. The van der Waals surface area contributed by atoms with Gasteiger partial charge in [-0.15, -0.1) is 5.10 Å². The number of nitrogens with zero attached hydrogens (tertiary/aromatic N) is 3. The Balaban J connectivity index is 1.69. The van der Waals surface area contributed by atoms with Crippen LogP contribution in [0.25, 0.3) is 0 Å². The first-order valence-electron chi connectivity index (χ1n) is 6.75. The van der Waals surface area contributed by atoms with Crippen LogP contribution in [0.2, 0.25) is 0 Å². The summed E-state index contributed by atoms with van der Waals surface area (Å²) in [6, 6.07) is 10.8. The van der Waals surface area contributed by atoms with E-state index >= 15 is 0 Å². The van der Waals surface area contributed by atoms with E-state index in [2.05, 4.69) is 44.5 Å². The van der Waals surface area contributed by atoms with Crippen molar-refractivity contribution >= 4 is 5.95 Å². The van der Waals surface area contributed by atoms with Crippen LogP contribution in [0.15, 0.2) is 30.3 Å². The maximum Gasteiger partial charge on any atom is 0.244 e. The highest BCUT2D eigenvalue weighted by Crippen LogP contribution is 2.12. The second-order valence-corrected chi connectivity index (χ2v) is 5.05. The van der Waals surface area contributed by atoms with Gasteiger partial charge in [0.25, 0.3) is 0 Å². The van der Waals surface area contributed by atoms with E-state index in [1.165, 1.54) is 5.56 Å². The molecule has 2 N–H and O–H groups in total. The molecule has 19 heavy (non-hydrogen) atoms. The molecule has 1 aromatic heterocycles. The molecular weight excluding hydrogens is 238 g/mol. The average Bonchev–Trinajstić information content (AvgIpc) is 2.88. The lowest BCUT2D eigenvalue weighted by atomic mass is 10.1. The van der Waals surface area contributed by atoms with Crippen LogP contribution in [0.5, 0.6) is 0 Å². The van der Waals surface area contributed by atoms with E-state index in [4.69, 9.17) is 0 Å². The number of nitrogens with one attached hydrogen (secondary N) is 2. The smallest absolute Gasteiger partial charge is 0.244 e. The number of hydrogen-bond acceptors (Lipinski definition) is 4. The van der Waals surface area contributed by atoms with Crippen LogP contribution in [-0.2, 0) is 6.42 Å². The molecule has 3 rings (SSSR count). The van der Waals surface area contributed by atoms with Gasteiger partial charge in [-0.3, -0.25) is 5.10 Å². The van der Waals surface area contributed by atoms with Crippen molar-refractivity contribution in [3.8, 4) is 0 Å². The maximum atomic E-state index is 4.60.